The minimum absolute atomic E-state index is 0.185. The molecule has 1 rings (SSSR count). The van der Waals surface area contributed by atoms with Gasteiger partial charge >= 0.3 is 5.97 Å². The number of esters is 1. The fourth-order valence-electron chi connectivity index (χ4n) is 0.748. The lowest BCUT2D eigenvalue weighted by atomic mass is 10.5. The molecule has 0 N–H and O–H groups in total. The minimum Gasteiger partial charge on any atom is -0.468 e. The Morgan fingerprint density at radius 2 is 2.55 bits per heavy atom. The maximum absolute atomic E-state index is 10.7. The summed E-state index contributed by atoms with van der Waals surface area (Å²) in [5, 5.41) is 4.01. The van der Waals surface area contributed by atoms with Gasteiger partial charge in [-0.25, -0.2) is 0 Å². The first-order chi connectivity index (χ1) is 5.22. The van der Waals surface area contributed by atoms with Gasteiger partial charge in [0, 0.05) is 6.20 Å². The topological polar surface area (TPSA) is 44.1 Å². The molecule has 1 heterocycles. The molecular weight excluding hydrogens is 144 g/mol. The van der Waals surface area contributed by atoms with Gasteiger partial charge in [0.05, 0.1) is 12.8 Å². The molecule has 0 amide bonds. The summed E-state index contributed by atoms with van der Waals surface area (Å²) in [4.78, 5) is 10.7. The molecule has 0 radical (unpaired) electrons. The number of aromatic nitrogens is 2. The van der Waals surface area contributed by atoms with E-state index in [4.69, 9.17) is 0 Å². The molecular formula is C7H10N2O2. The molecule has 0 unspecified atom stereocenters. The van der Waals surface area contributed by atoms with Crippen LogP contribution in [-0.2, 0) is 16.1 Å². The maximum Gasteiger partial charge on any atom is 0.327 e. The molecule has 11 heavy (non-hydrogen) atoms. The van der Waals surface area contributed by atoms with Gasteiger partial charge in [0.15, 0.2) is 0 Å². The summed E-state index contributed by atoms with van der Waals surface area (Å²) in [5.74, 6) is -0.284. The lowest BCUT2D eigenvalue weighted by molar-refractivity contribution is -0.141. The van der Waals surface area contributed by atoms with Crippen LogP contribution in [0.3, 0.4) is 0 Å². The van der Waals surface area contributed by atoms with Gasteiger partial charge in [-0.3, -0.25) is 9.48 Å². The molecule has 1 aromatic rings. The number of hydrogen-bond acceptors (Lipinski definition) is 3. The van der Waals surface area contributed by atoms with Crippen LogP contribution in [0.25, 0.3) is 0 Å². The fraction of sp³-hybridized carbons (Fsp3) is 0.429. The number of nitrogens with zero attached hydrogens (tertiary/aromatic N) is 2. The number of carbonyl (C=O) groups excluding carboxylic acids is 1. The quantitative estimate of drug-likeness (QED) is 0.578. The summed E-state index contributed by atoms with van der Waals surface area (Å²) in [6.45, 7) is 2.05. The van der Waals surface area contributed by atoms with E-state index in [0.717, 1.165) is 5.69 Å². The number of methoxy groups -OCH3 is 1. The Hall–Kier alpha value is -1.32. The van der Waals surface area contributed by atoms with E-state index in [-0.39, 0.29) is 12.5 Å². The first kappa shape index (κ1) is 7.78. The van der Waals surface area contributed by atoms with Crippen molar-refractivity contribution in [3.8, 4) is 0 Å². The molecule has 0 aliphatic rings. The predicted octanol–water partition coefficient (Wildman–Crippen LogP) is 0.365. The van der Waals surface area contributed by atoms with Gasteiger partial charge in [-0.05, 0) is 13.0 Å². The normalized spacial score (nSPS) is 9.64. The van der Waals surface area contributed by atoms with Crippen molar-refractivity contribution < 1.29 is 9.53 Å². The minimum atomic E-state index is -0.284. The van der Waals surface area contributed by atoms with Crippen LogP contribution < -0.4 is 0 Å². The number of carbonyl (C=O) groups is 1. The van der Waals surface area contributed by atoms with E-state index >= 15 is 0 Å². The van der Waals surface area contributed by atoms with Gasteiger partial charge in [0.1, 0.15) is 6.54 Å². The van der Waals surface area contributed by atoms with Crippen molar-refractivity contribution >= 4 is 5.97 Å². The van der Waals surface area contributed by atoms with Crippen LogP contribution in [0.4, 0.5) is 0 Å². The van der Waals surface area contributed by atoms with Crippen molar-refractivity contribution in [3.05, 3.63) is 18.0 Å². The van der Waals surface area contributed by atoms with Crippen LogP contribution in [0.2, 0.25) is 0 Å². The third-order valence-electron chi connectivity index (χ3n) is 1.29. The highest BCUT2D eigenvalue weighted by Gasteiger charge is 2.01. The molecule has 0 atom stereocenters. The standard InChI is InChI=1S/C7H10N2O2/c1-6-3-4-9(8-6)5-7(10)11-2/h3-4H,5H2,1-2H3. The van der Waals surface area contributed by atoms with Crippen molar-refractivity contribution in [1.82, 2.24) is 9.78 Å². The van der Waals surface area contributed by atoms with Crippen LogP contribution in [0, 0.1) is 6.92 Å². The fourth-order valence-corrected chi connectivity index (χ4v) is 0.748. The highest BCUT2D eigenvalue weighted by molar-refractivity contribution is 5.68. The molecule has 0 aliphatic carbocycles. The second kappa shape index (κ2) is 3.18. The Balaban J connectivity index is 2.57. The molecule has 0 bridgehead atoms. The molecule has 4 heteroatoms. The van der Waals surface area contributed by atoms with E-state index in [0.29, 0.717) is 0 Å². The zero-order valence-corrected chi connectivity index (χ0v) is 6.57. The summed E-state index contributed by atoms with van der Waals surface area (Å²) in [6, 6.07) is 1.84. The van der Waals surface area contributed by atoms with E-state index in [1.165, 1.54) is 7.11 Å². The Labute approximate surface area is 64.8 Å². The number of aryl methyl sites for hydroxylation is 1. The number of rotatable bonds is 2. The van der Waals surface area contributed by atoms with E-state index in [9.17, 15) is 4.79 Å². The third-order valence-corrected chi connectivity index (χ3v) is 1.29. The van der Waals surface area contributed by atoms with Gasteiger partial charge in [-0.1, -0.05) is 0 Å². The van der Waals surface area contributed by atoms with Gasteiger partial charge in [0.2, 0.25) is 0 Å². The molecule has 0 fully saturated rings. The Kier molecular flexibility index (Phi) is 2.25. The van der Waals surface area contributed by atoms with Crippen LogP contribution in [0.5, 0.6) is 0 Å². The van der Waals surface area contributed by atoms with E-state index in [1.54, 1.807) is 10.9 Å². The van der Waals surface area contributed by atoms with E-state index < -0.39 is 0 Å². The van der Waals surface area contributed by atoms with Crippen molar-refractivity contribution in [2.24, 2.45) is 0 Å². The third kappa shape index (κ3) is 2.07. The van der Waals surface area contributed by atoms with Gasteiger partial charge in [-0.15, -0.1) is 0 Å². The van der Waals surface area contributed by atoms with Crippen LogP contribution in [0.1, 0.15) is 5.69 Å². The summed E-state index contributed by atoms with van der Waals surface area (Å²) in [7, 11) is 1.36. The van der Waals surface area contributed by atoms with Crippen molar-refractivity contribution in [1.29, 1.82) is 0 Å². The summed E-state index contributed by atoms with van der Waals surface area (Å²) in [5.41, 5.74) is 0.897. The van der Waals surface area contributed by atoms with E-state index in [2.05, 4.69) is 9.84 Å². The van der Waals surface area contributed by atoms with Crippen molar-refractivity contribution in [2.45, 2.75) is 13.5 Å². The van der Waals surface area contributed by atoms with Gasteiger partial charge < -0.3 is 4.74 Å². The second-order valence-corrected chi connectivity index (χ2v) is 2.23. The highest BCUT2D eigenvalue weighted by Crippen LogP contribution is 1.92. The average molecular weight is 154 g/mol. The summed E-state index contributed by atoms with van der Waals surface area (Å²) in [6.07, 6.45) is 1.74. The van der Waals surface area contributed by atoms with Crippen LogP contribution in [0.15, 0.2) is 12.3 Å². The molecule has 0 spiro atoms. The lowest BCUT2D eigenvalue weighted by Gasteiger charge is -1.97. The van der Waals surface area contributed by atoms with Crippen LogP contribution in [-0.4, -0.2) is 22.9 Å². The van der Waals surface area contributed by atoms with E-state index in [1.807, 2.05) is 13.0 Å². The Morgan fingerprint density at radius 3 is 3.00 bits per heavy atom. The van der Waals surface area contributed by atoms with Gasteiger partial charge in [0.25, 0.3) is 0 Å². The molecule has 0 aromatic carbocycles. The monoisotopic (exact) mass is 154 g/mol. The summed E-state index contributed by atoms with van der Waals surface area (Å²) < 4.78 is 6.01. The summed E-state index contributed by atoms with van der Waals surface area (Å²) >= 11 is 0. The van der Waals surface area contributed by atoms with Crippen molar-refractivity contribution in [2.75, 3.05) is 7.11 Å². The smallest absolute Gasteiger partial charge is 0.327 e. The number of ether oxygens (including phenoxy) is 1. The first-order valence-corrected chi connectivity index (χ1v) is 3.29. The molecule has 0 saturated carbocycles. The maximum atomic E-state index is 10.7. The molecule has 1 aromatic heterocycles. The SMILES string of the molecule is COC(=O)Cn1ccc(C)n1. The largest absolute Gasteiger partial charge is 0.468 e. The first-order valence-electron chi connectivity index (χ1n) is 3.29. The highest BCUT2D eigenvalue weighted by atomic mass is 16.5. The molecule has 0 saturated heterocycles. The molecule has 60 valence electrons. The molecule has 4 nitrogen and oxygen atoms in total. The lowest BCUT2D eigenvalue weighted by Crippen LogP contribution is -2.11. The van der Waals surface area contributed by atoms with Gasteiger partial charge in [-0.2, -0.15) is 5.10 Å². The zero-order valence-electron chi connectivity index (χ0n) is 6.57. The van der Waals surface area contributed by atoms with Crippen molar-refractivity contribution in [3.63, 3.8) is 0 Å². The molecule has 0 aliphatic heterocycles. The van der Waals surface area contributed by atoms with Crippen LogP contribution >= 0.6 is 0 Å². The second-order valence-electron chi connectivity index (χ2n) is 2.23. The average Bonchev–Trinajstić information content (AvgIpc) is 2.35. The zero-order chi connectivity index (χ0) is 8.27. The Bertz CT molecular complexity index is 255. The Morgan fingerprint density at radius 1 is 1.82 bits per heavy atom. The predicted molar refractivity (Wildman–Crippen MR) is 39.0 cm³/mol. The number of hydrogen-bond donors (Lipinski definition) is 0.